The number of amides is 1. The van der Waals surface area contributed by atoms with Crippen LogP contribution in [0.15, 0.2) is 42.5 Å². The third-order valence-electron chi connectivity index (χ3n) is 5.55. The normalized spacial score (nSPS) is 14.3. The topological polar surface area (TPSA) is 102 Å². The molecular weight excluding hydrogens is 398 g/mol. The second-order valence-corrected chi connectivity index (χ2v) is 7.71. The van der Waals surface area contributed by atoms with Gasteiger partial charge in [0.15, 0.2) is 5.78 Å². The van der Waals surface area contributed by atoms with Crippen LogP contribution in [0.4, 0.5) is 11.4 Å². The fourth-order valence-corrected chi connectivity index (χ4v) is 3.73. The van der Waals surface area contributed by atoms with Crippen molar-refractivity contribution in [2.75, 3.05) is 38.7 Å². The molecule has 2 aromatic carbocycles. The molecule has 1 amide bonds. The minimum absolute atomic E-state index is 0.106. The summed E-state index contributed by atoms with van der Waals surface area (Å²) in [6, 6.07) is 12.0. The first-order valence-corrected chi connectivity index (χ1v) is 10.3. The number of nitrogens with zero attached hydrogens (tertiary/aromatic N) is 2. The van der Waals surface area contributed by atoms with Crippen molar-refractivity contribution in [3.05, 3.63) is 69.3 Å². The lowest BCUT2D eigenvalue weighted by molar-refractivity contribution is -0.384. The Labute approximate surface area is 181 Å². The first-order valence-electron chi connectivity index (χ1n) is 10.3. The molecule has 0 bridgehead atoms. The molecule has 1 N–H and O–H groups in total. The molecule has 1 saturated heterocycles. The summed E-state index contributed by atoms with van der Waals surface area (Å²) in [4.78, 5) is 38.2. The molecular formula is C23H27N3O5. The monoisotopic (exact) mass is 425 g/mol. The number of rotatable bonds is 8. The lowest BCUT2D eigenvalue weighted by atomic mass is 9.88. The highest BCUT2D eigenvalue weighted by Gasteiger charge is 2.29. The molecule has 0 saturated carbocycles. The van der Waals surface area contributed by atoms with E-state index in [-0.39, 0.29) is 28.9 Å². The van der Waals surface area contributed by atoms with E-state index in [1.807, 2.05) is 31.2 Å². The van der Waals surface area contributed by atoms with Crippen LogP contribution < -0.4 is 5.32 Å². The van der Waals surface area contributed by atoms with Gasteiger partial charge < -0.3 is 15.0 Å². The zero-order valence-electron chi connectivity index (χ0n) is 17.8. The number of nitro groups is 1. The van der Waals surface area contributed by atoms with Gasteiger partial charge in [0.05, 0.1) is 11.5 Å². The summed E-state index contributed by atoms with van der Waals surface area (Å²) in [6.45, 7) is 3.71. The van der Waals surface area contributed by atoms with Crippen molar-refractivity contribution in [3.63, 3.8) is 0 Å². The molecule has 8 heteroatoms. The number of aryl methyl sites for hydroxylation is 1. The van der Waals surface area contributed by atoms with Gasteiger partial charge in [0, 0.05) is 49.9 Å². The number of hydrogen-bond acceptors (Lipinski definition) is 6. The van der Waals surface area contributed by atoms with Gasteiger partial charge in [-0.3, -0.25) is 19.7 Å². The smallest absolute Gasteiger partial charge is 0.293 e. The minimum Gasteiger partial charge on any atom is -0.383 e. The van der Waals surface area contributed by atoms with Crippen molar-refractivity contribution >= 4 is 23.1 Å². The number of piperidine rings is 1. The van der Waals surface area contributed by atoms with Gasteiger partial charge in [-0.15, -0.1) is 0 Å². The van der Waals surface area contributed by atoms with Gasteiger partial charge in [-0.1, -0.05) is 29.8 Å². The Hall–Kier alpha value is -3.26. The molecule has 0 atom stereocenters. The Morgan fingerprint density at radius 1 is 1.13 bits per heavy atom. The Bertz CT molecular complexity index is 950. The van der Waals surface area contributed by atoms with Gasteiger partial charge in [0.25, 0.3) is 11.6 Å². The maximum Gasteiger partial charge on any atom is 0.293 e. The van der Waals surface area contributed by atoms with Crippen LogP contribution in [0.1, 0.15) is 39.1 Å². The number of hydrogen-bond donors (Lipinski definition) is 1. The highest BCUT2D eigenvalue weighted by Crippen LogP contribution is 2.28. The van der Waals surface area contributed by atoms with Gasteiger partial charge in [0.2, 0.25) is 0 Å². The average molecular weight is 425 g/mol. The molecule has 1 aliphatic heterocycles. The van der Waals surface area contributed by atoms with Crippen LogP contribution in [0, 0.1) is 23.0 Å². The Morgan fingerprint density at radius 3 is 2.39 bits per heavy atom. The number of nitro benzene ring substituents is 1. The number of carbonyl (C=O) groups excluding carboxylic acids is 2. The van der Waals surface area contributed by atoms with Crippen molar-refractivity contribution < 1.29 is 19.2 Å². The summed E-state index contributed by atoms with van der Waals surface area (Å²) in [7, 11) is 1.55. The van der Waals surface area contributed by atoms with E-state index >= 15 is 0 Å². The molecule has 0 aromatic heterocycles. The highest BCUT2D eigenvalue weighted by molar-refractivity contribution is 5.99. The highest BCUT2D eigenvalue weighted by atomic mass is 16.6. The number of benzene rings is 2. The number of carbonyl (C=O) groups is 2. The van der Waals surface area contributed by atoms with Crippen LogP contribution in [0.25, 0.3) is 0 Å². The van der Waals surface area contributed by atoms with Gasteiger partial charge in [-0.05, 0) is 31.9 Å². The molecule has 3 rings (SSSR count). The molecule has 0 radical (unpaired) electrons. The number of methoxy groups -OCH3 is 1. The Morgan fingerprint density at radius 2 is 1.77 bits per heavy atom. The quantitative estimate of drug-likeness (QED) is 0.299. The standard InChI is InChI=1S/C23H27N3O5/c1-16-3-5-17(6-4-16)22(27)18-9-12-25(13-10-18)23(28)19-7-8-20(24-11-14-31-2)21(15-19)26(29)30/h3-8,15,18,24H,9-14H2,1-2H3. The molecule has 1 aliphatic rings. The predicted molar refractivity (Wildman–Crippen MR) is 118 cm³/mol. The Balaban J connectivity index is 1.64. The number of anilines is 1. The third-order valence-corrected chi connectivity index (χ3v) is 5.55. The lowest BCUT2D eigenvalue weighted by Crippen LogP contribution is -2.40. The maximum absolute atomic E-state index is 12.9. The zero-order chi connectivity index (χ0) is 22.4. The maximum atomic E-state index is 12.9. The molecule has 1 heterocycles. The summed E-state index contributed by atoms with van der Waals surface area (Å²) in [5, 5.41) is 14.4. The number of nitrogens with one attached hydrogen (secondary N) is 1. The van der Waals surface area contributed by atoms with Crippen LogP contribution >= 0.6 is 0 Å². The molecule has 8 nitrogen and oxygen atoms in total. The molecule has 1 fully saturated rings. The number of likely N-dealkylation sites (tertiary alicyclic amines) is 1. The second kappa shape index (κ2) is 10.2. The first kappa shape index (κ1) is 22.4. The summed E-state index contributed by atoms with van der Waals surface area (Å²) in [5.41, 5.74) is 2.27. The molecule has 2 aromatic rings. The van der Waals surface area contributed by atoms with Crippen LogP contribution in [-0.4, -0.2) is 54.9 Å². The Kier molecular flexibility index (Phi) is 7.36. The average Bonchev–Trinajstić information content (AvgIpc) is 2.79. The van der Waals surface area contributed by atoms with Crippen LogP contribution in [0.2, 0.25) is 0 Å². The lowest BCUT2D eigenvalue weighted by Gasteiger charge is -2.31. The zero-order valence-corrected chi connectivity index (χ0v) is 17.8. The summed E-state index contributed by atoms with van der Waals surface area (Å²) >= 11 is 0. The predicted octanol–water partition coefficient (Wildman–Crippen LogP) is 3.70. The van der Waals surface area contributed by atoms with E-state index in [0.29, 0.717) is 50.3 Å². The summed E-state index contributed by atoms with van der Waals surface area (Å²) in [5.74, 6) is -0.268. The van der Waals surface area contributed by atoms with E-state index in [0.717, 1.165) is 5.56 Å². The minimum atomic E-state index is -0.502. The van der Waals surface area contributed by atoms with E-state index in [4.69, 9.17) is 4.74 Å². The van der Waals surface area contributed by atoms with Crippen molar-refractivity contribution in [2.45, 2.75) is 19.8 Å². The van der Waals surface area contributed by atoms with E-state index in [2.05, 4.69) is 5.32 Å². The van der Waals surface area contributed by atoms with Crippen LogP contribution in [0.3, 0.4) is 0 Å². The van der Waals surface area contributed by atoms with Crippen molar-refractivity contribution in [1.82, 2.24) is 4.90 Å². The van der Waals surface area contributed by atoms with E-state index < -0.39 is 4.92 Å². The van der Waals surface area contributed by atoms with Gasteiger partial charge in [-0.2, -0.15) is 0 Å². The van der Waals surface area contributed by atoms with Crippen molar-refractivity contribution in [2.24, 2.45) is 5.92 Å². The van der Waals surface area contributed by atoms with Gasteiger partial charge in [0.1, 0.15) is 5.69 Å². The van der Waals surface area contributed by atoms with Crippen LogP contribution in [0.5, 0.6) is 0 Å². The first-order chi connectivity index (χ1) is 14.9. The SMILES string of the molecule is COCCNc1ccc(C(=O)N2CCC(C(=O)c3ccc(C)cc3)CC2)cc1[N+](=O)[O-]. The second-order valence-electron chi connectivity index (χ2n) is 7.71. The molecule has 164 valence electrons. The van der Waals surface area contributed by atoms with Crippen molar-refractivity contribution in [1.29, 1.82) is 0 Å². The third kappa shape index (κ3) is 5.46. The molecule has 0 unspecified atom stereocenters. The molecule has 0 spiro atoms. The number of ketones is 1. The van der Waals surface area contributed by atoms with E-state index in [9.17, 15) is 19.7 Å². The molecule has 0 aliphatic carbocycles. The van der Waals surface area contributed by atoms with E-state index in [1.165, 1.54) is 6.07 Å². The fourth-order valence-electron chi connectivity index (χ4n) is 3.73. The largest absolute Gasteiger partial charge is 0.383 e. The van der Waals surface area contributed by atoms with Crippen LogP contribution in [-0.2, 0) is 4.74 Å². The number of ether oxygens (including phenoxy) is 1. The van der Waals surface area contributed by atoms with Gasteiger partial charge >= 0.3 is 0 Å². The summed E-state index contributed by atoms with van der Waals surface area (Å²) in [6.07, 6.45) is 1.16. The fraction of sp³-hybridized carbons (Fsp3) is 0.391. The van der Waals surface area contributed by atoms with Crippen molar-refractivity contribution in [3.8, 4) is 0 Å². The molecule has 31 heavy (non-hydrogen) atoms. The van der Waals surface area contributed by atoms with E-state index in [1.54, 1.807) is 24.1 Å². The summed E-state index contributed by atoms with van der Waals surface area (Å²) < 4.78 is 4.95. The van der Waals surface area contributed by atoms with Gasteiger partial charge in [-0.25, -0.2) is 0 Å². The number of Topliss-reactive ketones (excluding diaryl/α,β-unsaturated/α-hetero) is 1.